The van der Waals surface area contributed by atoms with Gasteiger partial charge >= 0.3 is 0 Å². The van der Waals surface area contributed by atoms with Crippen molar-refractivity contribution in [2.24, 2.45) is 13.0 Å². The molecule has 0 aliphatic carbocycles. The average molecular weight is 321 g/mol. The van der Waals surface area contributed by atoms with Crippen molar-refractivity contribution < 1.29 is 4.79 Å². The summed E-state index contributed by atoms with van der Waals surface area (Å²) >= 11 is 1.38. The highest BCUT2D eigenvalue weighted by atomic mass is 32.2. The van der Waals surface area contributed by atoms with E-state index in [2.05, 4.69) is 20.6 Å². The van der Waals surface area contributed by atoms with Gasteiger partial charge < -0.3 is 4.90 Å². The van der Waals surface area contributed by atoms with E-state index in [0.29, 0.717) is 16.8 Å². The Labute approximate surface area is 132 Å². The van der Waals surface area contributed by atoms with E-state index in [1.165, 1.54) is 11.8 Å². The van der Waals surface area contributed by atoms with Crippen LogP contribution in [0.25, 0.3) is 0 Å². The lowest BCUT2D eigenvalue weighted by atomic mass is 9.97. The summed E-state index contributed by atoms with van der Waals surface area (Å²) in [4.78, 5) is 14.2. The Bertz CT molecular complexity index is 604. The zero-order valence-corrected chi connectivity index (χ0v) is 13.3. The SMILES string of the molecule is Cn1nnnc1SCC(=O)N1CCC(Cn2cccn2)CC1. The number of nitrogens with zero attached hydrogens (tertiary/aromatic N) is 7. The summed E-state index contributed by atoms with van der Waals surface area (Å²) in [5.74, 6) is 1.14. The lowest BCUT2D eigenvalue weighted by Gasteiger charge is -2.31. The number of tetrazole rings is 1. The molecule has 1 amide bonds. The maximum absolute atomic E-state index is 12.2. The number of likely N-dealkylation sites (tertiary alicyclic amines) is 1. The summed E-state index contributed by atoms with van der Waals surface area (Å²) < 4.78 is 3.55. The largest absolute Gasteiger partial charge is 0.342 e. The van der Waals surface area contributed by atoms with Crippen molar-refractivity contribution in [2.75, 3.05) is 18.8 Å². The number of carbonyl (C=O) groups is 1. The van der Waals surface area contributed by atoms with E-state index in [4.69, 9.17) is 0 Å². The molecule has 3 rings (SSSR count). The fourth-order valence-electron chi connectivity index (χ4n) is 2.60. The van der Waals surface area contributed by atoms with Crippen LogP contribution in [0.2, 0.25) is 0 Å². The number of piperidine rings is 1. The summed E-state index contributed by atoms with van der Waals surface area (Å²) in [5.41, 5.74) is 0. The molecule has 22 heavy (non-hydrogen) atoms. The van der Waals surface area contributed by atoms with E-state index in [1.807, 2.05) is 21.8 Å². The maximum atomic E-state index is 12.2. The zero-order valence-electron chi connectivity index (χ0n) is 12.5. The van der Waals surface area contributed by atoms with Gasteiger partial charge in [0.2, 0.25) is 11.1 Å². The smallest absolute Gasteiger partial charge is 0.233 e. The first-order valence-corrected chi connectivity index (χ1v) is 8.31. The monoisotopic (exact) mass is 321 g/mol. The number of aryl methyl sites for hydroxylation is 1. The fourth-order valence-corrected chi connectivity index (χ4v) is 3.35. The first kappa shape index (κ1) is 15.0. The molecule has 0 aromatic carbocycles. The lowest BCUT2D eigenvalue weighted by Crippen LogP contribution is -2.40. The van der Waals surface area contributed by atoms with Gasteiger partial charge in [-0.25, -0.2) is 4.68 Å². The second kappa shape index (κ2) is 6.91. The molecule has 118 valence electrons. The molecule has 3 heterocycles. The van der Waals surface area contributed by atoms with Crippen molar-refractivity contribution >= 4 is 17.7 Å². The predicted octanol–water partition coefficient (Wildman–Crippen LogP) is 0.437. The molecule has 1 aliphatic heterocycles. The third-order valence-corrected chi connectivity index (χ3v) is 4.87. The number of hydrogen-bond donors (Lipinski definition) is 0. The number of hydrogen-bond acceptors (Lipinski definition) is 6. The Morgan fingerprint density at radius 3 is 2.86 bits per heavy atom. The number of amides is 1. The molecule has 0 spiro atoms. The van der Waals surface area contributed by atoms with Gasteiger partial charge in [-0.15, -0.1) is 5.10 Å². The van der Waals surface area contributed by atoms with Crippen molar-refractivity contribution in [3.8, 4) is 0 Å². The highest BCUT2D eigenvalue weighted by Gasteiger charge is 2.23. The molecule has 1 aliphatic rings. The van der Waals surface area contributed by atoms with Crippen LogP contribution in [0.4, 0.5) is 0 Å². The molecule has 0 saturated carbocycles. The molecular formula is C13H19N7OS. The van der Waals surface area contributed by atoms with Crippen LogP contribution in [0.15, 0.2) is 23.6 Å². The predicted molar refractivity (Wildman–Crippen MR) is 81.1 cm³/mol. The Hall–Kier alpha value is -1.90. The van der Waals surface area contributed by atoms with E-state index in [9.17, 15) is 4.79 Å². The van der Waals surface area contributed by atoms with Crippen molar-refractivity contribution in [1.29, 1.82) is 0 Å². The number of rotatable bonds is 5. The maximum Gasteiger partial charge on any atom is 0.233 e. The van der Waals surface area contributed by atoms with Gasteiger partial charge in [0, 0.05) is 39.1 Å². The third kappa shape index (κ3) is 3.65. The molecular weight excluding hydrogens is 302 g/mol. The highest BCUT2D eigenvalue weighted by molar-refractivity contribution is 7.99. The van der Waals surface area contributed by atoms with Crippen molar-refractivity contribution in [3.05, 3.63) is 18.5 Å². The Morgan fingerprint density at radius 2 is 2.23 bits per heavy atom. The van der Waals surface area contributed by atoms with Crippen molar-refractivity contribution in [1.82, 2.24) is 34.9 Å². The topological polar surface area (TPSA) is 81.7 Å². The molecule has 0 N–H and O–H groups in total. The summed E-state index contributed by atoms with van der Waals surface area (Å²) in [6.45, 7) is 2.58. The van der Waals surface area contributed by atoms with Gasteiger partial charge in [-0.3, -0.25) is 9.48 Å². The molecule has 0 atom stereocenters. The molecule has 0 unspecified atom stereocenters. The molecule has 2 aromatic rings. The van der Waals surface area contributed by atoms with Gasteiger partial charge in [0.1, 0.15) is 0 Å². The molecule has 2 aromatic heterocycles. The average Bonchev–Trinajstić information content (AvgIpc) is 3.17. The third-order valence-electron chi connectivity index (χ3n) is 3.88. The van der Waals surface area contributed by atoms with Crippen LogP contribution in [0.1, 0.15) is 12.8 Å². The highest BCUT2D eigenvalue weighted by Crippen LogP contribution is 2.20. The van der Waals surface area contributed by atoms with Crippen LogP contribution in [0.3, 0.4) is 0 Å². The summed E-state index contributed by atoms with van der Waals surface area (Å²) in [6.07, 6.45) is 5.85. The standard InChI is InChI=1S/C13H19N7OS/c1-18-13(15-16-17-18)22-10-12(21)19-7-3-11(4-8-19)9-20-6-2-5-14-20/h2,5-6,11H,3-4,7-10H2,1H3. The molecule has 0 radical (unpaired) electrons. The number of thioether (sulfide) groups is 1. The van der Waals surface area contributed by atoms with E-state index in [-0.39, 0.29) is 5.91 Å². The van der Waals surface area contributed by atoms with Gasteiger partial charge in [0.15, 0.2) is 0 Å². The molecule has 8 nitrogen and oxygen atoms in total. The van der Waals surface area contributed by atoms with Crippen LogP contribution in [-0.4, -0.2) is 59.6 Å². The molecule has 1 saturated heterocycles. The Balaban J connectivity index is 1.42. The van der Waals surface area contributed by atoms with E-state index in [1.54, 1.807) is 17.9 Å². The first-order chi connectivity index (χ1) is 10.7. The minimum Gasteiger partial charge on any atom is -0.342 e. The van der Waals surface area contributed by atoms with Crippen LogP contribution in [0, 0.1) is 5.92 Å². The number of carbonyl (C=O) groups excluding carboxylic acids is 1. The van der Waals surface area contributed by atoms with Gasteiger partial charge in [-0.1, -0.05) is 11.8 Å². The zero-order chi connectivity index (χ0) is 15.4. The fraction of sp³-hybridized carbons (Fsp3) is 0.615. The van der Waals surface area contributed by atoms with E-state index >= 15 is 0 Å². The van der Waals surface area contributed by atoms with Gasteiger partial charge in [0.05, 0.1) is 5.75 Å². The summed E-state index contributed by atoms with van der Waals surface area (Å²) in [7, 11) is 1.77. The number of aromatic nitrogens is 6. The van der Waals surface area contributed by atoms with Crippen LogP contribution < -0.4 is 0 Å². The Morgan fingerprint density at radius 1 is 1.41 bits per heavy atom. The minimum atomic E-state index is 0.158. The van der Waals surface area contributed by atoms with Gasteiger partial charge in [-0.05, 0) is 35.3 Å². The molecule has 9 heteroatoms. The van der Waals surface area contributed by atoms with Crippen molar-refractivity contribution in [3.63, 3.8) is 0 Å². The van der Waals surface area contributed by atoms with Crippen molar-refractivity contribution in [2.45, 2.75) is 24.5 Å². The van der Waals surface area contributed by atoms with Crippen LogP contribution in [-0.2, 0) is 18.4 Å². The normalized spacial score (nSPS) is 16.1. The van der Waals surface area contributed by atoms with Gasteiger partial charge in [0.25, 0.3) is 0 Å². The van der Waals surface area contributed by atoms with Crippen LogP contribution >= 0.6 is 11.8 Å². The lowest BCUT2D eigenvalue weighted by molar-refractivity contribution is -0.129. The van der Waals surface area contributed by atoms with E-state index < -0.39 is 0 Å². The second-order valence-corrected chi connectivity index (χ2v) is 6.37. The molecule has 0 bridgehead atoms. The second-order valence-electron chi connectivity index (χ2n) is 5.43. The van der Waals surface area contributed by atoms with Crippen LogP contribution in [0.5, 0.6) is 0 Å². The van der Waals surface area contributed by atoms with E-state index in [0.717, 1.165) is 32.5 Å². The first-order valence-electron chi connectivity index (χ1n) is 7.33. The van der Waals surface area contributed by atoms with Gasteiger partial charge in [-0.2, -0.15) is 5.10 Å². The Kier molecular flexibility index (Phi) is 4.71. The quantitative estimate of drug-likeness (QED) is 0.743. The summed E-state index contributed by atoms with van der Waals surface area (Å²) in [6, 6.07) is 1.94. The minimum absolute atomic E-state index is 0.158. The molecule has 1 fully saturated rings. The summed E-state index contributed by atoms with van der Waals surface area (Å²) in [5, 5.41) is 16.1.